The van der Waals surface area contributed by atoms with Crippen LogP contribution >= 0.6 is 0 Å². The van der Waals surface area contributed by atoms with Gasteiger partial charge in [0.05, 0.1) is 0 Å². The maximum atomic E-state index is 13.2. The number of aryl methyl sites for hydroxylation is 1. The highest BCUT2D eigenvalue weighted by molar-refractivity contribution is 5.89. The Kier molecular flexibility index (Phi) is 4.62. The van der Waals surface area contributed by atoms with Gasteiger partial charge in [0, 0.05) is 60.5 Å². The third kappa shape index (κ3) is 3.38. The normalized spacial score (nSPS) is 19.8. The van der Waals surface area contributed by atoms with Crippen molar-refractivity contribution in [2.45, 2.75) is 25.8 Å². The second kappa shape index (κ2) is 7.44. The fraction of sp³-hybridized carbons (Fsp3) is 0.292. The number of aromatic nitrogens is 2. The van der Waals surface area contributed by atoms with Gasteiger partial charge in [0.15, 0.2) is 0 Å². The Balaban J connectivity index is 1.38. The minimum atomic E-state index is -0.0728. The molecule has 2 aliphatic heterocycles. The van der Waals surface area contributed by atoms with Crippen LogP contribution < -0.4 is 10.9 Å². The van der Waals surface area contributed by atoms with Gasteiger partial charge in [-0.15, -0.1) is 0 Å². The summed E-state index contributed by atoms with van der Waals surface area (Å²) >= 11 is 0. The molecule has 4 heterocycles. The van der Waals surface area contributed by atoms with Crippen LogP contribution in [0.3, 0.4) is 0 Å². The van der Waals surface area contributed by atoms with E-state index in [0.29, 0.717) is 25.2 Å². The number of piperidine rings is 1. The number of fused-ring (bicyclic) bond motifs is 4. The van der Waals surface area contributed by atoms with Crippen molar-refractivity contribution in [1.29, 1.82) is 0 Å². The first kappa shape index (κ1) is 18.6. The number of hydrogen-bond acceptors (Lipinski definition) is 3. The zero-order valence-corrected chi connectivity index (χ0v) is 16.9. The molecular formula is C24H24N4O2. The molecule has 0 aliphatic carbocycles. The number of amides is 2. The van der Waals surface area contributed by atoms with E-state index in [9.17, 15) is 9.59 Å². The Bertz CT molecular complexity index is 1140. The van der Waals surface area contributed by atoms with Crippen LogP contribution in [0.1, 0.15) is 23.6 Å². The summed E-state index contributed by atoms with van der Waals surface area (Å²) in [4.78, 5) is 32.0. The second-order valence-electron chi connectivity index (χ2n) is 8.33. The number of pyridine rings is 2. The molecule has 2 aliphatic rings. The lowest BCUT2D eigenvalue weighted by atomic mass is 9.83. The van der Waals surface area contributed by atoms with Gasteiger partial charge in [0.1, 0.15) is 0 Å². The number of nitrogens with zero attached hydrogens (tertiary/aromatic N) is 3. The number of anilines is 1. The van der Waals surface area contributed by atoms with Crippen LogP contribution in [0.25, 0.3) is 11.1 Å². The summed E-state index contributed by atoms with van der Waals surface area (Å²) in [7, 11) is 0. The number of nitrogens with one attached hydrogen (secondary N) is 1. The van der Waals surface area contributed by atoms with Crippen LogP contribution in [-0.2, 0) is 6.54 Å². The smallest absolute Gasteiger partial charge is 0.321 e. The number of hydrogen-bond donors (Lipinski definition) is 1. The molecule has 5 rings (SSSR count). The molecule has 2 atom stereocenters. The molecule has 152 valence electrons. The van der Waals surface area contributed by atoms with Gasteiger partial charge >= 0.3 is 6.03 Å². The largest absolute Gasteiger partial charge is 0.324 e. The summed E-state index contributed by atoms with van der Waals surface area (Å²) in [6.07, 6.45) is 4.45. The van der Waals surface area contributed by atoms with E-state index >= 15 is 0 Å². The lowest BCUT2D eigenvalue weighted by Crippen LogP contribution is -2.50. The minimum absolute atomic E-state index is 0.0350. The summed E-state index contributed by atoms with van der Waals surface area (Å²) in [6, 6.07) is 15.5. The summed E-state index contributed by atoms with van der Waals surface area (Å²) in [5, 5.41) is 3.01. The first-order valence-electron chi connectivity index (χ1n) is 10.4. The molecule has 2 bridgehead atoms. The lowest BCUT2D eigenvalue weighted by Gasteiger charge is -2.42. The third-order valence-electron chi connectivity index (χ3n) is 6.17. The minimum Gasteiger partial charge on any atom is -0.324 e. The molecule has 6 nitrogen and oxygen atoms in total. The van der Waals surface area contributed by atoms with E-state index in [4.69, 9.17) is 0 Å². The molecule has 2 unspecified atom stereocenters. The Morgan fingerprint density at radius 3 is 2.67 bits per heavy atom. The SMILES string of the molecule is Cc1ccc(NC(=O)N2CC3CC(C2)c2ccc(-c4cccnc4)c(=O)n2C3)cc1. The quantitative estimate of drug-likeness (QED) is 0.710. The molecule has 3 aromatic rings. The van der Waals surface area contributed by atoms with E-state index in [1.807, 2.05) is 64.9 Å². The highest BCUT2D eigenvalue weighted by Gasteiger charge is 2.36. The first-order chi connectivity index (χ1) is 14.6. The zero-order valence-electron chi connectivity index (χ0n) is 16.9. The van der Waals surface area contributed by atoms with Crippen LogP contribution in [0, 0.1) is 12.8 Å². The molecule has 1 fully saturated rings. The van der Waals surface area contributed by atoms with E-state index in [1.54, 1.807) is 12.4 Å². The van der Waals surface area contributed by atoms with Crippen molar-refractivity contribution in [1.82, 2.24) is 14.5 Å². The second-order valence-corrected chi connectivity index (χ2v) is 8.33. The maximum absolute atomic E-state index is 13.2. The Morgan fingerprint density at radius 2 is 1.90 bits per heavy atom. The molecular weight excluding hydrogens is 376 g/mol. The fourth-order valence-corrected chi connectivity index (χ4v) is 4.69. The highest BCUT2D eigenvalue weighted by Crippen LogP contribution is 2.36. The summed E-state index contributed by atoms with van der Waals surface area (Å²) in [5.74, 6) is 0.457. The van der Waals surface area contributed by atoms with Crippen molar-refractivity contribution in [3.05, 3.63) is 82.5 Å². The Labute approximate surface area is 175 Å². The van der Waals surface area contributed by atoms with E-state index in [0.717, 1.165) is 28.9 Å². The van der Waals surface area contributed by atoms with Crippen LogP contribution in [0.4, 0.5) is 10.5 Å². The molecule has 2 amide bonds. The Morgan fingerprint density at radius 1 is 1.07 bits per heavy atom. The number of urea groups is 1. The molecule has 6 heteroatoms. The number of benzene rings is 1. The maximum Gasteiger partial charge on any atom is 0.321 e. The van der Waals surface area contributed by atoms with Crippen molar-refractivity contribution in [3.63, 3.8) is 0 Å². The molecule has 2 aromatic heterocycles. The van der Waals surface area contributed by atoms with Gasteiger partial charge in [-0.05, 0) is 49.6 Å². The van der Waals surface area contributed by atoms with Crippen molar-refractivity contribution in [3.8, 4) is 11.1 Å². The van der Waals surface area contributed by atoms with Gasteiger partial charge in [-0.2, -0.15) is 0 Å². The topological polar surface area (TPSA) is 67.2 Å². The molecule has 30 heavy (non-hydrogen) atoms. The first-order valence-corrected chi connectivity index (χ1v) is 10.4. The van der Waals surface area contributed by atoms with Crippen LogP contribution in [0.15, 0.2) is 65.7 Å². The molecule has 1 N–H and O–H groups in total. The molecule has 0 spiro atoms. The molecule has 1 aromatic carbocycles. The van der Waals surface area contributed by atoms with Gasteiger partial charge < -0.3 is 14.8 Å². The predicted molar refractivity (Wildman–Crippen MR) is 117 cm³/mol. The number of carbonyl (C=O) groups is 1. The van der Waals surface area contributed by atoms with E-state index in [-0.39, 0.29) is 23.4 Å². The standard InChI is InChI=1S/C24H24N4O2/c1-16-4-6-20(7-5-16)26-24(30)27-13-17-11-19(15-27)22-9-8-21(23(29)28(22)14-17)18-3-2-10-25-12-18/h2-10,12,17,19H,11,13-15H2,1H3,(H,26,30). The van der Waals surface area contributed by atoms with Crippen molar-refractivity contribution >= 4 is 11.7 Å². The summed E-state index contributed by atoms with van der Waals surface area (Å²) < 4.78 is 1.91. The van der Waals surface area contributed by atoms with Crippen LogP contribution in [0.5, 0.6) is 0 Å². The van der Waals surface area contributed by atoms with Crippen molar-refractivity contribution < 1.29 is 4.79 Å². The van der Waals surface area contributed by atoms with Crippen LogP contribution in [0.2, 0.25) is 0 Å². The lowest BCUT2D eigenvalue weighted by molar-refractivity contribution is 0.139. The number of likely N-dealkylation sites (tertiary alicyclic amines) is 1. The predicted octanol–water partition coefficient (Wildman–Crippen LogP) is 3.87. The van der Waals surface area contributed by atoms with Gasteiger partial charge in [-0.25, -0.2) is 4.79 Å². The van der Waals surface area contributed by atoms with E-state index < -0.39 is 0 Å². The monoisotopic (exact) mass is 400 g/mol. The average Bonchev–Trinajstić information content (AvgIpc) is 2.76. The van der Waals surface area contributed by atoms with Gasteiger partial charge in [0.25, 0.3) is 5.56 Å². The van der Waals surface area contributed by atoms with E-state index in [1.165, 1.54) is 0 Å². The van der Waals surface area contributed by atoms with Crippen molar-refractivity contribution in [2.24, 2.45) is 5.92 Å². The van der Waals surface area contributed by atoms with Gasteiger partial charge in [0.2, 0.25) is 0 Å². The third-order valence-corrected chi connectivity index (χ3v) is 6.17. The van der Waals surface area contributed by atoms with Crippen molar-refractivity contribution in [2.75, 3.05) is 18.4 Å². The number of rotatable bonds is 2. The average molecular weight is 400 g/mol. The van der Waals surface area contributed by atoms with E-state index in [2.05, 4.69) is 10.3 Å². The zero-order chi connectivity index (χ0) is 20.7. The van der Waals surface area contributed by atoms with Gasteiger partial charge in [-0.3, -0.25) is 9.78 Å². The Hall–Kier alpha value is -3.41. The number of carbonyl (C=O) groups excluding carboxylic acids is 1. The molecule has 0 saturated carbocycles. The highest BCUT2D eigenvalue weighted by atomic mass is 16.2. The van der Waals surface area contributed by atoms with Gasteiger partial charge in [-0.1, -0.05) is 23.8 Å². The summed E-state index contributed by atoms with van der Waals surface area (Å²) in [5.41, 5.74) is 4.55. The summed E-state index contributed by atoms with van der Waals surface area (Å²) in [6.45, 7) is 3.96. The van der Waals surface area contributed by atoms with Crippen LogP contribution in [-0.4, -0.2) is 33.6 Å². The fourth-order valence-electron chi connectivity index (χ4n) is 4.69. The molecule has 0 radical (unpaired) electrons. The molecule has 1 saturated heterocycles.